The SMILES string of the molecule is Cc1ccc(CNC(=O)c2cn(CC(F)CCn3ccc(NC(=O)CC4CCCOC4)cc3=O)nn2)cn1. The van der Waals surface area contributed by atoms with Crippen molar-refractivity contribution in [3.05, 3.63) is 70.2 Å². The van der Waals surface area contributed by atoms with E-state index in [1.807, 2.05) is 19.1 Å². The van der Waals surface area contributed by atoms with Crippen molar-refractivity contribution in [3.8, 4) is 0 Å². The Balaban J connectivity index is 1.21. The van der Waals surface area contributed by atoms with Crippen LogP contribution in [0.4, 0.5) is 10.1 Å². The third kappa shape index (κ3) is 8.04. The maximum absolute atomic E-state index is 14.6. The summed E-state index contributed by atoms with van der Waals surface area (Å²) >= 11 is 0. The molecule has 0 saturated carbocycles. The zero-order chi connectivity index (χ0) is 26.9. The van der Waals surface area contributed by atoms with Crippen molar-refractivity contribution in [2.24, 2.45) is 5.92 Å². The van der Waals surface area contributed by atoms with Gasteiger partial charge in [-0.15, -0.1) is 5.10 Å². The number of carbonyl (C=O) groups is 2. The van der Waals surface area contributed by atoms with Crippen molar-refractivity contribution < 1.29 is 18.7 Å². The van der Waals surface area contributed by atoms with E-state index < -0.39 is 12.1 Å². The summed E-state index contributed by atoms with van der Waals surface area (Å²) in [5.74, 6) is -0.384. The number of pyridine rings is 2. The largest absolute Gasteiger partial charge is 0.381 e. The van der Waals surface area contributed by atoms with E-state index in [0.717, 1.165) is 30.7 Å². The van der Waals surface area contributed by atoms with E-state index in [-0.39, 0.29) is 49.1 Å². The van der Waals surface area contributed by atoms with Gasteiger partial charge in [-0.25, -0.2) is 9.07 Å². The van der Waals surface area contributed by atoms with Crippen LogP contribution in [-0.4, -0.2) is 55.7 Å². The number of rotatable bonds is 11. The lowest BCUT2D eigenvalue weighted by molar-refractivity contribution is -0.118. The van der Waals surface area contributed by atoms with E-state index in [0.29, 0.717) is 18.7 Å². The molecule has 1 saturated heterocycles. The molecule has 1 aliphatic heterocycles. The lowest BCUT2D eigenvalue weighted by atomic mass is 9.98. The first-order valence-electron chi connectivity index (χ1n) is 12.7. The predicted molar refractivity (Wildman–Crippen MR) is 137 cm³/mol. The van der Waals surface area contributed by atoms with Crippen molar-refractivity contribution in [2.75, 3.05) is 18.5 Å². The quantitative estimate of drug-likeness (QED) is 0.392. The Kier molecular flexibility index (Phi) is 9.30. The van der Waals surface area contributed by atoms with E-state index in [1.54, 1.807) is 12.3 Å². The number of amides is 2. The van der Waals surface area contributed by atoms with Gasteiger partial charge in [-0.3, -0.25) is 19.4 Å². The molecule has 202 valence electrons. The summed E-state index contributed by atoms with van der Waals surface area (Å²) in [5.41, 5.74) is 1.90. The first-order valence-corrected chi connectivity index (χ1v) is 12.7. The summed E-state index contributed by atoms with van der Waals surface area (Å²) in [6, 6.07) is 6.68. The predicted octanol–water partition coefficient (Wildman–Crippen LogP) is 2.26. The summed E-state index contributed by atoms with van der Waals surface area (Å²) < 4.78 is 22.7. The van der Waals surface area contributed by atoms with Gasteiger partial charge in [0.05, 0.1) is 12.7 Å². The van der Waals surface area contributed by atoms with Gasteiger partial charge >= 0.3 is 0 Å². The Morgan fingerprint density at radius 1 is 1.29 bits per heavy atom. The highest BCUT2D eigenvalue weighted by Gasteiger charge is 2.18. The Bertz CT molecular complexity index is 1290. The number of halogens is 1. The maximum Gasteiger partial charge on any atom is 0.273 e. The van der Waals surface area contributed by atoms with E-state index in [9.17, 15) is 18.8 Å². The van der Waals surface area contributed by atoms with Crippen molar-refractivity contribution >= 4 is 17.5 Å². The zero-order valence-corrected chi connectivity index (χ0v) is 21.3. The van der Waals surface area contributed by atoms with Gasteiger partial charge in [-0.05, 0) is 49.8 Å². The molecule has 4 heterocycles. The average molecular weight is 526 g/mol. The molecule has 2 unspecified atom stereocenters. The molecule has 1 aliphatic rings. The highest BCUT2D eigenvalue weighted by Crippen LogP contribution is 2.18. The van der Waals surface area contributed by atoms with Gasteiger partial charge in [-0.1, -0.05) is 11.3 Å². The third-order valence-electron chi connectivity index (χ3n) is 6.27. The van der Waals surface area contributed by atoms with Crippen molar-refractivity contribution in [2.45, 2.75) is 58.4 Å². The molecule has 0 aliphatic carbocycles. The minimum absolute atomic E-state index is 0.0646. The second kappa shape index (κ2) is 13.0. The summed E-state index contributed by atoms with van der Waals surface area (Å²) in [6.45, 7) is 3.53. The van der Waals surface area contributed by atoms with E-state index in [1.165, 1.54) is 27.7 Å². The lowest BCUT2D eigenvalue weighted by Gasteiger charge is -2.21. The molecular formula is C26H32FN7O4. The Morgan fingerprint density at radius 3 is 2.89 bits per heavy atom. The normalized spacial score (nSPS) is 16.1. The molecule has 0 aromatic carbocycles. The second-order valence-electron chi connectivity index (χ2n) is 9.48. The summed E-state index contributed by atoms with van der Waals surface area (Å²) in [7, 11) is 0. The summed E-state index contributed by atoms with van der Waals surface area (Å²) in [6.07, 6.45) is 5.61. The number of anilines is 1. The molecular weight excluding hydrogens is 493 g/mol. The van der Waals surface area contributed by atoms with E-state index >= 15 is 0 Å². The van der Waals surface area contributed by atoms with Gasteiger partial charge in [0.25, 0.3) is 11.5 Å². The average Bonchev–Trinajstić information content (AvgIpc) is 3.36. The van der Waals surface area contributed by atoms with Crippen LogP contribution < -0.4 is 16.2 Å². The van der Waals surface area contributed by atoms with Gasteiger partial charge in [-0.2, -0.15) is 0 Å². The molecule has 3 aromatic heterocycles. The molecule has 38 heavy (non-hydrogen) atoms. The first kappa shape index (κ1) is 27.1. The Hall–Kier alpha value is -3.93. The van der Waals surface area contributed by atoms with Crippen LogP contribution in [0.15, 0.2) is 47.7 Å². The van der Waals surface area contributed by atoms with E-state index in [4.69, 9.17) is 4.74 Å². The van der Waals surface area contributed by atoms with Crippen molar-refractivity contribution in [1.29, 1.82) is 0 Å². The fourth-order valence-corrected chi connectivity index (χ4v) is 4.15. The number of aryl methyl sites for hydroxylation is 2. The molecule has 4 rings (SSSR count). The smallest absolute Gasteiger partial charge is 0.273 e. The van der Waals surface area contributed by atoms with Crippen LogP contribution in [0.5, 0.6) is 0 Å². The van der Waals surface area contributed by atoms with E-state index in [2.05, 4.69) is 25.9 Å². The molecule has 0 bridgehead atoms. The Labute approximate surface area is 219 Å². The van der Waals surface area contributed by atoms with Gasteiger partial charge in [0.15, 0.2) is 5.69 Å². The fourth-order valence-electron chi connectivity index (χ4n) is 4.15. The second-order valence-corrected chi connectivity index (χ2v) is 9.48. The number of aromatic nitrogens is 5. The monoisotopic (exact) mass is 525 g/mol. The number of hydrogen-bond donors (Lipinski definition) is 2. The van der Waals surface area contributed by atoms with Crippen molar-refractivity contribution in [1.82, 2.24) is 29.9 Å². The molecule has 0 radical (unpaired) electrons. The first-order chi connectivity index (χ1) is 18.4. The minimum atomic E-state index is -1.31. The molecule has 3 aromatic rings. The van der Waals surface area contributed by atoms with Gasteiger partial charge in [0.2, 0.25) is 5.91 Å². The number of nitrogens with one attached hydrogen (secondary N) is 2. The minimum Gasteiger partial charge on any atom is -0.381 e. The van der Waals surface area contributed by atoms with Crippen LogP contribution in [0.2, 0.25) is 0 Å². The summed E-state index contributed by atoms with van der Waals surface area (Å²) in [4.78, 5) is 41.2. The van der Waals surface area contributed by atoms with Gasteiger partial charge < -0.3 is 19.9 Å². The molecule has 2 amide bonds. The fraction of sp³-hybridized carbons (Fsp3) is 0.462. The molecule has 12 heteroatoms. The molecule has 2 N–H and O–H groups in total. The number of carbonyl (C=O) groups excluding carboxylic acids is 2. The highest BCUT2D eigenvalue weighted by molar-refractivity contribution is 5.91. The highest BCUT2D eigenvalue weighted by atomic mass is 19.1. The standard InChI is InChI=1S/C26H32FN7O4/c1-18-4-5-20(13-28-18)14-29-26(37)23-16-34(32-31-23)15-21(27)6-8-33-9-7-22(12-25(33)36)30-24(35)11-19-3-2-10-38-17-19/h4-5,7,9,12-13,16,19,21H,2-3,6,8,10-11,14-15,17H2,1H3,(H,29,37)(H,30,35). The topological polar surface area (TPSA) is 133 Å². The number of ether oxygens (including phenoxy) is 1. The lowest BCUT2D eigenvalue weighted by Crippen LogP contribution is -2.25. The van der Waals surface area contributed by atoms with Crippen LogP contribution >= 0.6 is 0 Å². The zero-order valence-electron chi connectivity index (χ0n) is 21.3. The molecule has 1 fully saturated rings. The molecule has 11 nitrogen and oxygen atoms in total. The summed E-state index contributed by atoms with van der Waals surface area (Å²) in [5, 5.41) is 13.1. The number of nitrogens with zero attached hydrogens (tertiary/aromatic N) is 5. The molecule has 0 spiro atoms. The van der Waals surface area contributed by atoms with Crippen LogP contribution in [0.3, 0.4) is 0 Å². The third-order valence-corrected chi connectivity index (χ3v) is 6.27. The van der Waals surface area contributed by atoms with Crippen LogP contribution in [0.1, 0.15) is 47.4 Å². The van der Waals surface area contributed by atoms with Gasteiger partial charge in [0, 0.05) is 62.6 Å². The number of alkyl halides is 1. The Morgan fingerprint density at radius 2 is 2.16 bits per heavy atom. The van der Waals surface area contributed by atoms with Crippen LogP contribution in [0, 0.1) is 12.8 Å². The van der Waals surface area contributed by atoms with Crippen LogP contribution in [-0.2, 0) is 29.2 Å². The van der Waals surface area contributed by atoms with Crippen molar-refractivity contribution in [3.63, 3.8) is 0 Å². The maximum atomic E-state index is 14.6. The number of hydrogen-bond acceptors (Lipinski definition) is 7. The molecule has 2 atom stereocenters. The van der Waals surface area contributed by atoms with Crippen LogP contribution in [0.25, 0.3) is 0 Å². The van der Waals surface area contributed by atoms with Gasteiger partial charge in [0.1, 0.15) is 6.17 Å².